The Morgan fingerprint density at radius 2 is 1.70 bits per heavy atom. The molecule has 6 nitrogen and oxygen atoms in total. The molecule has 0 radical (unpaired) electrons. The van der Waals surface area contributed by atoms with E-state index in [1.54, 1.807) is 25.1 Å². The van der Waals surface area contributed by atoms with Gasteiger partial charge in [-0.1, -0.05) is 24.3 Å². The summed E-state index contributed by atoms with van der Waals surface area (Å²) in [5, 5.41) is 4.90. The van der Waals surface area contributed by atoms with Crippen molar-refractivity contribution >= 4 is 29.0 Å². The van der Waals surface area contributed by atoms with E-state index in [1.807, 2.05) is 0 Å². The third-order valence-corrected chi connectivity index (χ3v) is 4.48. The van der Waals surface area contributed by atoms with Gasteiger partial charge in [0.1, 0.15) is 0 Å². The quantitative estimate of drug-likeness (QED) is 0.667. The summed E-state index contributed by atoms with van der Waals surface area (Å²) in [6.07, 6.45) is -4.60. The lowest BCUT2D eigenvalue weighted by Crippen LogP contribution is -2.43. The van der Waals surface area contributed by atoms with Gasteiger partial charge in [0, 0.05) is 11.3 Å². The zero-order valence-corrected chi connectivity index (χ0v) is 16.7. The molecule has 2 aromatic rings. The third-order valence-electron chi connectivity index (χ3n) is 4.48. The van der Waals surface area contributed by atoms with Crippen LogP contribution in [0, 0.1) is 0 Å². The van der Waals surface area contributed by atoms with E-state index in [4.69, 9.17) is 0 Å². The summed E-state index contributed by atoms with van der Waals surface area (Å²) in [5.41, 5.74) is -0.424. The van der Waals surface area contributed by atoms with Crippen LogP contribution in [0.3, 0.4) is 0 Å². The molecule has 1 atom stereocenters. The van der Waals surface area contributed by atoms with Crippen LogP contribution in [0.15, 0.2) is 48.5 Å². The number of halogens is 3. The summed E-state index contributed by atoms with van der Waals surface area (Å²) in [5.74, 6) is -1.26. The van der Waals surface area contributed by atoms with Crippen molar-refractivity contribution < 1.29 is 27.6 Å². The molecule has 160 valence electrons. The summed E-state index contributed by atoms with van der Waals surface area (Å²) in [6, 6.07) is 10.3. The minimum atomic E-state index is -4.60. The van der Waals surface area contributed by atoms with Gasteiger partial charge in [-0.3, -0.25) is 19.3 Å². The number of carbonyl (C=O) groups excluding carboxylic acids is 3. The van der Waals surface area contributed by atoms with Gasteiger partial charge in [0.15, 0.2) is 5.78 Å². The molecule has 2 amide bonds. The largest absolute Gasteiger partial charge is 0.418 e. The van der Waals surface area contributed by atoms with Gasteiger partial charge >= 0.3 is 6.18 Å². The van der Waals surface area contributed by atoms with E-state index >= 15 is 0 Å². The molecule has 0 aliphatic heterocycles. The minimum absolute atomic E-state index is 0.146. The van der Waals surface area contributed by atoms with E-state index < -0.39 is 29.6 Å². The maximum Gasteiger partial charge on any atom is 0.418 e. The number of rotatable bonds is 7. The number of benzene rings is 2. The van der Waals surface area contributed by atoms with Crippen LogP contribution in [-0.2, 0) is 15.8 Å². The van der Waals surface area contributed by atoms with Crippen molar-refractivity contribution in [2.45, 2.75) is 26.1 Å². The molecule has 0 unspecified atom stereocenters. The van der Waals surface area contributed by atoms with Crippen molar-refractivity contribution in [3.63, 3.8) is 0 Å². The number of Topliss-reactive ketones (excluding diaryl/α,β-unsaturated/α-hetero) is 1. The van der Waals surface area contributed by atoms with Crippen molar-refractivity contribution in [1.29, 1.82) is 0 Å². The number of hydrogen-bond acceptors (Lipinski definition) is 4. The fourth-order valence-electron chi connectivity index (χ4n) is 2.66. The lowest BCUT2D eigenvalue weighted by Gasteiger charge is -2.23. The second-order valence-corrected chi connectivity index (χ2v) is 6.81. The van der Waals surface area contributed by atoms with Gasteiger partial charge in [-0.25, -0.2) is 0 Å². The van der Waals surface area contributed by atoms with E-state index in [-0.39, 0.29) is 18.0 Å². The molecule has 2 N–H and O–H groups in total. The highest BCUT2D eigenvalue weighted by atomic mass is 19.4. The van der Waals surface area contributed by atoms with Crippen LogP contribution in [0.1, 0.15) is 29.8 Å². The van der Waals surface area contributed by atoms with Crippen molar-refractivity contribution in [3.05, 3.63) is 59.7 Å². The number of amides is 2. The molecule has 2 rings (SSSR count). The highest BCUT2D eigenvalue weighted by Gasteiger charge is 2.33. The van der Waals surface area contributed by atoms with E-state index in [1.165, 1.54) is 43.1 Å². The van der Waals surface area contributed by atoms with Crippen LogP contribution in [0.5, 0.6) is 0 Å². The van der Waals surface area contributed by atoms with E-state index in [2.05, 4.69) is 10.6 Å². The normalized spacial score (nSPS) is 12.4. The summed E-state index contributed by atoms with van der Waals surface area (Å²) in [7, 11) is 1.51. The molecule has 0 aliphatic rings. The Bertz CT molecular complexity index is 944. The van der Waals surface area contributed by atoms with Gasteiger partial charge in [-0.15, -0.1) is 0 Å². The zero-order valence-electron chi connectivity index (χ0n) is 16.7. The van der Waals surface area contributed by atoms with Crippen molar-refractivity contribution in [2.24, 2.45) is 0 Å². The minimum Gasteiger partial charge on any atom is -0.325 e. The third kappa shape index (κ3) is 6.15. The van der Waals surface area contributed by atoms with E-state index in [0.717, 1.165) is 6.07 Å². The van der Waals surface area contributed by atoms with Gasteiger partial charge in [-0.2, -0.15) is 13.2 Å². The predicted molar refractivity (Wildman–Crippen MR) is 107 cm³/mol. The smallest absolute Gasteiger partial charge is 0.325 e. The maximum absolute atomic E-state index is 13.0. The lowest BCUT2D eigenvalue weighted by molar-refractivity contribution is -0.137. The predicted octanol–water partition coefficient (Wildman–Crippen LogP) is 3.81. The average molecular weight is 421 g/mol. The summed E-state index contributed by atoms with van der Waals surface area (Å²) in [4.78, 5) is 37.5. The van der Waals surface area contributed by atoms with Gasteiger partial charge in [0.05, 0.1) is 23.8 Å². The first-order valence-electron chi connectivity index (χ1n) is 9.07. The molecule has 0 aromatic heterocycles. The first-order chi connectivity index (χ1) is 14.0. The first kappa shape index (κ1) is 23.1. The number of anilines is 2. The number of alkyl halides is 3. The van der Waals surface area contributed by atoms with E-state index in [9.17, 15) is 27.6 Å². The maximum atomic E-state index is 13.0. The Kier molecular flexibility index (Phi) is 7.33. The van der Waals surface area contributed by atoms with Gasteiger partial charge < -0.3 is 10.6 Å². The molecular formula is C21H22F3N3O3. The average Bonchev–Trinajstić information content (AvgIpc) is 2.66. The number of nitrogens with one attached hydrogen (secondary N) is 2. The number of para-hydroxylation sites is 1. The van der Waals surface area contributed by atoms with Crippen LogP contribution in [0.4, 0.5) is 24.5 Å². The summed E-state index contributed by atoms with van der Waals surface area (Å²) >= 11 is 0. The summed E-state index contributed by atoms with van der Waals surface area (Å²) in [6.45, 7) is 2.67. The van der Waals surface area contributed by atoms with Crippen molar-refractivity contribution in [3.8, 4) is 0 Å². The second kappa shape index (κ2) is 9.53. The SMILES string of the molecule is CC(=O)c1cccc(NC(=O)[C@@H](C)N(C)CC(=O)Nc2ccccc2C(F)(F)F)c1. The Hall–Kier alpha value is -3.20. The lowest BCUT2D eigenvalue weighted by atomic mass is 10.1. The molecule has 0 bridgehead atoms. The second-order valence-electron chi connectivity index (χ2n) is 6.81. The molecule has 0 fully saturated rings. The molecule has 9 heteroatoms. The Labute approximate surface area is 172 Å². The fraction of sp³-hybridized carbons (Fsp3) is 0.286. The monoisotopic (exact) mass is 421 g/mol. The number of likely N-dealkylation sites (N-methyl/N-ethyl adjacent to an activating group) is 1. The van der Waals surface area contributed by atoms with Crippen molar-refractivity contribution in [1.82, 2.24) is 4.90 Å². The van der Waals surface area contributed by atoms with Crippen LogP contribution in [0.25, 0.3) is 0 Å². The summed E-state index contributed by atoms with van der Waals surface area (Å²) < 4.78 is 39.1. The van der Waals surface area contributed by atoms with Gasteiger partial charge in [0.25, 0.3) is 0 Å². The van der Waals surface area contributed by atoms with Crippen LogP contribution >= 0.6 is 0 Å². The number of nitrogens with zero attached hydrogens (tertiary/aromatic N) is 1. The molecule has 30 heavy (non-hydrogen) atoms. The van der Waals surface area contributed by atoms with Crippen LogP contribution in [0.2, 0.25) is 0 Å². The number of ketones is 1. The first-order valence-corrected chi connectivity index (χ1v) is 9.07. The molecule has 0 saturated heterocycles. The molecule has 0 spiro atoms. The Morgan fingerprint density at radius 3 is 2.33 bits per heavy atom. The molecule has 0 heterocycles. The topological polar surface area (TPSA) is 78.5 Å². The number of carbonyl (C=O) groups is 3. The Balaban J connectivity index is 1.99. The van der Waals surface area contributed by atoms with Gasteiger partial charge in [0.2, 0.25) is 11.8 Å². The Morgan fingerprint density at radius 1 is 1.03 bits per heavy atom. The highest BCUT2D eigenvalue weighted by Crippen LogP contribution is 2.34. The van der Waals surface area contributed by atoms with Crippen LogP contribution < -0.4 is 10.6 Å². The van der Waals surface area contributed by atoms with Crippen LogP contribution in [-0.4, -0.2) is 42.1 Å². The van der Waals surface area contributed by atoms with E-state index in [0.29, 0.717) is 11.3 Å². The molecular weight excluding hydrogens is 399 g/mol. The number of hydrogen-bond donors (Lipinski definition) is 2. The highest BCUT2D eigenvalue weighted by molar-refractivity contribution is 5.99. The van der Waals surface area contributed by atoms with Crippen molar-refractivity contribution in [2.75, 3.05) is 24.2 Å². The molecule has 2 aromatic carbocycles. The fourth-order valence-corrected chi connectivity index (χ4v) is 2.66. The molecule has 0 saturated carbocycles. The standard InChI is InChI=1S/C21H22F3N3O3/c1-13(20(30)25-16-8-6-7-15(11-16)14(2)28)27(3)12-19(29)26-18-10-5-4-9-17(18)21(22,23)24/h4-11,13H,12H2,1-3H3,(H,25,30)(H,26,29)/t13-/m1/s1. The molecule has 0 aliphatic carbocycles. The zero-order chi connectivity index (χ0) is 22.5. The van der Waals surface area contributed by atoms with Gasteiger partial charge in [-0.05, 0) is 45.2 Å².